The standard InChI is InChI=1S/C20H37N3O2.ClH/c1-3-16(2)20(25)23-14-8-9-17(15-23)19(24)22-13-12-21-18-10-6-4-5-7-11-18;/h16-18,21H,3-15H2,1-2H3,(H,22,24);1H. The van der Waals surface area contributed by atoms with E-state index in [-0.39, 0.29) is 36.1 Å². The summed E-state index contributed by atoms with van der Waals surface area (Å²) in [7, 11) is 0. The van der Waals surface area contributed by atoms with Gasteiger partial charge in [0.25, 0.3) is 0 Å². The molecule has 0 spiro atoms. The maximum Gasteiger partial charge on any atom is 0.225 e. The fourth-order valence-electron chi connectivity index (χ4n) is 3.97. The maximum absolute atomic E-state index is 12.4. The van der Waals surface area contributed by atoms with Crippen LogP contribution in [0.2, 0.25) is 0 Å². The molecule has 2 aliphatic rings. The molecule has 1 aliphatic heterocycles. The number of likely N-dealkylation sites (tertiary alicyclic amines) is 1. The van der Waals surface area contributed by atoms with Gasteiger partial charge in [-0.1, -0.05) is 39.5 Å². The van der Waals surface area contributed by atoms with E-state index in [0.717, 1.165) is 32.4 Å². The van der Waals surface area contributed by atoms with E-state index in [1.807, 2.05) is 18.7 Å². The first-order valence-electron chi connectivity index (χ1n) is 10.4. The maximum atomic E-state index is 12.4. The molecule has 0 aromatic carbocycles. The lowest BCUT2D eigenvalue weighted by Gasteiger charge is -2.33. The molecule has 6 heteroatoms. The second kappa shape index (κ2) is 12.6. The predicted molar refractivity (Wildman–Crippen MR) is 109 cm³/mol. The van der Waals surface area contributed by atoms with Gasteiger partial charge in [-0.05, 0) is 32.1 Å². The first kappa shape index (κ1) is 23.2. The Morgan fingerprint density at radius 1 is 1.04 bits per heavy atom. The van der Waals surface area contributed by atoms with Crippen LogP contribution in [-0.2, 0) is 9.59 Å². The van der Waals surface area contributed by atoms with Gasteiger partial charge < -0.3 is 15.5 Å². The van der Waals surface area contributed by atoms with Gasteiger partial charge in [0.05, 0.1) is 5.92 Å². The Kier molecular flexibility index (Phi) is 11.2. The highest BCUT2D eigenvalue weighted by atomic mass is 35.5. The molecule has 2 amide bonds. The number of piperidine rings is 1. The summed E-state index contributed by atoms with van der Waals surface area (Å²) in [5, 5.41) is 6.66. The Morgan fingerprint density at radius 2 is 1.73 bits per heavy atom. The summed E-state index contributed by atoms with van der Waals surface area (Å²) in [4.78, 5) is 26.7. The van der Waals surface area contributed by atoms with Crippen LogP contribution < -0.4 is 10.6 Å². The minimum absolute atomic E-state index is 0. The van der Waals surface area contributed by atoms with E-state index < -0.39 is 0 Å². The highest BCUT2D eigenvalue weighted by Gasteiger charge is 2.29. The molecule has 2 unspecified atom stereocenters. The zero-order valence-electron chi connectivity index (χ0n) is 16.6. The quantitative estimate of drug-likeness (QED) is 0.521. The van der Waals surface area contributed by atoms with E-state index in [1.165, 1.54) is 38.5 Å². The second-order valence-corrected chi connectivity index (χ2v) is 7.87. The summed E-state index contributed by atoms with van der Waals surface area (Å²) < 4.78 is 0. The van der Waals surface area contributed by atoms with Gasteiger partial charge in [-0.25, -0.2) is 0 Å². The molecule has 2 atom stereocenters. The van der Waals surface area contributed by atoms with Crippen LogP contribution in [0.1, 0.15) is 71.6 Å². The first-order chi connectivity index (χ1) is 12.1. The molecule has 5 nitrogen and oxygen atoms in total. The van der Waals surface area contributed by atoms with Crippen LogP contribution in [0.4, 0.5) is 0 Å². The molecule has 26 heavy (non-hydrogen) atoms. The lowest BCUT2D eigenvalue weighted by atomic mass is 9.95. The molecule has 152 valence electrons. The minimum Gasteiger partial charge on any atom is -0.355 e. The van der Waals surface area contributed by atoms with Gasteiger partial charge in [-0.3, -0.25) is 9.59 Å². The van der Waals surface area contributed by atoms with Crippen LogP contribution >= 0.6 is 12.4 Å². The highest BCUT2D eigenvalue weighted by Crippen LogP contribution is 2.19. The number of carbonyl (C=O) groups excluding carboxylic acids is 2. The van der Waals surface area contributed by atoms with Crippen molar-refractivity contribution in [3.05, 3.63) is 0 Å². The Labute approximate surface area is 165 Å². The predicted octanol–water partition coefficient (Wildman–Crippen LogP) is 3.12. The molecule has 0 aromatic rings. The Bertz CT molecular complexity index is 425. The summed E-state index contributed by atoms with van der Waals surface area (Å²) in [6, 6.07) is 0.623. The summed E-state index contributed by atoms with van der Waals surface area (Å²) >= 11 is 0. The SMILES string of the molecule is CCC(C)C(=O)N1CCCC(C(=O)NCCNC2CCCCCC2)C1.Cl. The zero-order chi connectivity index (χ0) is 18.1. The molecule has 0 bridgehead atoms. The minimum atomic E-state index is -0.0420. The van der Waals surface area contributed by atoms with Crippen molar-refractivity contribution in [3.8, 4) is 0 Å². The Balaban J connectivity index is 0.00000338. The van der Waals surface area contributed by atoms with Gasteiger partial charge >= 0.3 is 0 Å². The molecule has 2 fully saturated rings. The van der Waals surface area contributed by atoms with Crippen LogP contribution in [0.3, 0.4) is 0 Å². The van der Waals surface area contributed by atoms with Crippen molar-refractivity contribution in [2.45, 2.75) is 77.7 Å². The fraction of sp³-hybridized carbons (Fsp3) is 0.900. The van der Waals surface area contributed by atoms with E-state index >= 15 is 0 Å². The summed E-state index contributed by atoms with van der Waals surface area (Å²) in [6.45, 7) is 6.94. The Morgan fingerprint density at radius 3 is 2.38 bits per heavy atom. The molecule has 2 N–H and O–H groups in total. The molecular weight excluding hydrogens is 350 g/mol. The largest absolute Gasteiger partial charge is 0.355 e. The lowest BCUT2D eigenvalue weighted by Crippen LogP contribution is -2.47. The van der Waals surface area contributed by atoms with Gasteiger partial charge in [0.15, 0.2) is 0 Å². The van der Waals surface area contributed by atoms with Crippen molar-refractivity contribution in [1.82, 2.24) is 15.5 Å². The monoisotopic (exact) mass is 387 g/mol. The van der Waals surface area contributed by atoms with Crippen LogP contribution in [-0.4, -0.2) is 48.9 Å². The highest BCUT2D eigenvalue weighted by molar-refractivity contribution is 5.85. The summed E-state index contributed by atoms with van der Waals surface area (Å²) in [5.41, 5.74) is 0. The van der Waals surface area contributed by atoms with Crippen molar-refractivity contribution < 1.29 is 9.59 Å². The van der Waals surface area contributed by atoms with Crippen LogP contribution in [0.15, 0.2) is 0 Å². The number of rotatable bonds is 7. The summed E-state index contributed by atoms with van der Waals surface area (Å²) in [6.07, 6.45) is 10.6. The lowest BCUT2D eigenvalue weighted by molar-refractivity contribution is -0.138. The number of halogens is 1. The molecule has 1 aliphatic carbocycles. The third-order valence-electron chi connectivity index (χ3n) is 5.85. The molecule has 0 aromatic heterocycles. The third-order valence-corrected chi connectivity index (χ3v) is 5.85. The molecule has 1 saturated carbocycles. The van der Waals surface area contributed by atoms with Crippen molar-refractivity contribution in [2.24, 2.45) is 11.8 Å². The number of hydrogen-bond acceptors (Lipinski definition) is 3. The number of hydrogen-bond donors (Lipinski definition) is 2. The van der Waals surface area contributed by atoms with Crippen LogP contribution in [0.5, 0.6) is 0 Å². The van der Waals surface area contributed by atoms with Crippen molar-refractivity contribution in [2.75, 3.05) is 26.2 Å². The smallest absolute Gasteiger partial charge is 0.225 e. The van der Waals surface area contributed by atoms with Crippen LogP contribution in [0.25, 0.3) is 0 Å². The van der Waals surface area contributed by atoms with E-state index in [4.69, 9.17) is 0 Å². The van der Waals surface area contributed by atoms with Crippen molar-refractivity contribution >= 4 is 24.2 Å². The second-order valence-electron chi connectivity index (χ2n) is 7.87. The molecular formula is C20H38ClN3O2. The van der Waals surface area contributed by atoms with E-state index in [0.29, 0.717) is 19.1 Å². The topological polar surface area (TPSA) is 61.4 Å². The number of amides is 2. The first-order valence-corrected chi connectivity index (χ1v) is 10.4. The molecule has 2 rings (SSSR count). The third kappa shape index (κ3) is 7.43. The van der Waals surface area contributed by atoms with E-state index in [1.54, 1.807) is 0 Å². The fourth-order valence-corrected chi connectivity index (χ4v) is 3.97. The van der Waals surface area contributed by atoms with Gasteiger partial charge in [-0.2, -0.15) is 0 Å². The zero-order valence-corrected chi connectivity index (χ0v) is 17.4. The number of nitrogens with one attached hydrogen (secondary N) is 2. The normalized spacial score (nSPS) is 22.8. The molecule has 0 radical (unpaired) electrons. The average Bonchev–Trinajstić information content (AvgIpc) is 2.92. The van der Waals surface area contributed by atoms with E-state index in [9.17, 15) is 9.59 Å². The van der Waals surface area contributed by atoms with Crippen molar-refractivity contribution in [1.29, 1.82) is 0 Å². The van der Waals surface area contributed by atoms with E-state index in [2.05, 4.69) is 10.6 Å². The average molecular weight is 388 g/mol. The number of carbonyl (C=O) groups is 2. The molecule has 1 saturated heterocycles. The van der Waals surface area contributed by atoms with Gasteiger partial charge in [0, 0.05) is 38.1 Å². The summed E-state index contributed by atoms with van der Waals surface area (Å²) in [5.74, 6) is 0.338. The van der Waals surface area contributed by atoms with Crippen molar-refractivity contribution in [3.63, 3.8) is 0 Å². The number of nitrogens with zero attached hydrogens (tertiary/aromatic N) is 1. The molecule has 1 heterocycles. The van der Waals surface area contributed by atoms with Gasteiger partial charge in [0.2, 0.25) is 11.8 Å². The van der Waals surface area contributed by atoms with Gasteiger partial charge in [0.1, 0.15) is 0 Å². The van der Waals surface area contributed by atoms with Crippen LogP contribution in [0, 0.1) is 11.8 Å². The van der Waals surface area contributed by atoms with Gasteiger partial charge in [-0.15, -0.1) is 12.4 Å². The Hall–Kier alpha value is -0.810.